The van der Waals surface area contributed by atoms with Crippen LogP contribution >= 0.6 is 21.6 Å². The highest BCUT2D eigenvalue weighted by atomic mass is 33.1. The van der Waals surface area contributed by atoms with Gasteiger partial charge in [0.05, 0.1) is 6.54 Å². The normalized spacial score (nSPS) is 10.5. The summed E-state index contributed by atoms with van der Waals surface area (Å²) < 4.78 is 0. The highest BCUT2D eigenvalue weighted by Gasteiger charge is 2.00. The molecule has 4 heteroatoms. The first-order valence-electron chi connectivity index (χ1n) is 3.50. The van der Waals surface area contributed by atoms with E-state index < -0.39 is 0 Å². The van der Waals surface area contributed by atoms with Gasteiger partial charge >= 0.3 is 0 Å². The van der Waals surface area contributed by atoms with E-state index in [2.05, 4.69) is 6.26 Å². The highest BCUT2D eigenvalue weighted by molar-refractivity contribution is 8.76. The van der Waals surface area contributed by atoms with Gasteiger partial charge in [0.1, 0.15) is 5.78 Å². The zero-order chi connectivity index (χ0) is 8.69. The molecule has 0 fully saturated rings. The zero-order valence-electron chi connectivity index (χ0n) is 7.29. The Morgan fingerprint density at radius 2 is 2.18 bits per heavy atom. The van der Waals surface area contributed by atoms with Gasteiger partial charge in [-0.2, -0.15) is 0 Å². The molecular weight excluding hydrogens is 178 g/mol. The van der Waals surface area contributed by atoms with Crippen LogP contribution in [0.25, 0.3) is 0 Å². The summed E-state index contributed by atoms with van der Waals surface area (Å²) in [5.41, 5.74) is 0. The van der Waals surface area contributed by atoms with E-state index in [1.54, 1.807) is 17.7 Å². The standard InChI is InChI=1S/C7H15NOS2/c1-7(9)6-8(2)4-5-11-10-3/h4-6H2,1-3H3. The average molecular weight is 193 g/mol. The number of ketones is 1. The summed E-state index contributed by atoms with van der Waals surface area (Å²) in [5, 5.41) is 0. The molecule has 0 unspecified atom stereocenters. The van der Waals surface area contributed by atoms with Gasteiger partial charge in [-0.05, 0) is 20.2 Å². The molecule has 0 rings (SSSR count). The quantitative estimate of drug-likeness (QED) is 0.470. The molecule has 0 aliphatic rings. The Kier molecular flexibility index (Phi) is 7.22. The molecule has 0 aromatic heterocycles. The molecule has 0 aromatic rings. The number of Topliss-reactive ketones (excluding diaryl/α,β-unsaturated/α-hetero) is 1. The van der Waals surface area contributed by atoms with Gasteiger partial charge in [0.15, 0.2) is 0 Å². The fourth-order valence-electron chi connectivity index (χ4n) is 0.736. The molecular formula is C7H15NOS2. The van der Waals surface area contributed by atoms with E-state index in [1.807, 2.05) is 22.7 Å². The lowest BCUT2D eigenvalue weighted by Crippen LogP contribution is -2.26. The summed E-state index contributed by atoms with van der Waals surface area (Å²) in [6.45, 7) is 3.19. The first-order chi connectivity index (χ1) is 5.16. The number of rotatable bonds is 6. The van der Waals surface area contributed by atoms with Crippen LogP contribution in [0.2, 0.25) is 0 Å². The van der Waals surface area contributed by atoms with Gasteiger partial charge in [0, 0.05) is 12.3 Å². The lowest BCUT2D eigenvalue weighted by Gasteiger charge is -2.12. The van der Waals surface area contributed by atoms with Gasteiger partial charge in [-0.25, -0.2) is 0 Å². The Morgan fingerprint density at radius 1 is 1.55 bits per heavy atom. The lowest BCUT2D eigenvalue weighted by atomic mass is 10.4. The molecule has 0 aliphatic carbocycles. The fourth-order valence-corrected chi connectivity index (χ4v) is 2.01. The number of likely N-dealkylation sites (N-methyl/N-ethyl adjacent to an activating group) is 1. The van der Waals surface area contributed by atoms with E-state index in [9.17, 15) is 4.79 Å². The second kappa shape index (κ2) is 7.00. The average Bonchev–Trinajstić information content (AvgIpc) is 1.86. The first kappa shape index (κ1) is 11.3. The van der Waals surface area contributed by atoms with Crippen molar-refractivity contribution in [3.8, 4) is 0 Å². The minimum absolute atomic E-state index is 0.238. The van der Waals surface area contributed by atoms with Crippen molar-refractivity contribution in [3.63, 3.8) is 0 Å². The molecule has 2 nitrogen and oxygen atoms in total. The van der Waals surface area contributed by atoms with Gasteiger partial charge in [0.2, 0.25) is 0 Å². The molecule has 0 saturated heterocycles. The predicted molar refractivity (Wildman–Crippen MR) is 54.2 cm³/mol. The lowest BCUT2D eigenvalue weighted by molar-refractivity contribution is -0.117. The summed E-state index contributed by atoms with van der Waals surface area (Å²) in [7, 11) is 5.57. The molecule has 66 valence electrons. The smallest absolute Gasteiger partial charge is 0.143 e. The van der Waals surface area contributed by atoms with Crippen molar-refractivity contribution in [3.05, 3.63) is 0 Å². The molecule has 0 N–H and O–H groups in total. The Hall–Kier alpha value is 0.330. The maximum Gasteiger partial charge on any atom is 0.143 e. The SMILES string of the molecule is CSSCCN(C)CC(C)=O. The van der Waals surface area contributed by atoms with E-state index in [4.69, 9.17) is 0 Å². The van der Waals surface area contributed by atoms with Gasteiger partial charge in [-0.15, -0.1) is 0 Å². The molecule has 0 aromatic carbocycles. The number of hydrogen-bond acceptors (Lipinski definition) is 4. The number of hydrogen-bond donors (Lipinski definition) is 0. The third kappa shape index (κ3) is 8.23. The topological polar surface area (TPSA) is 20.3 Å². The fraction of sp³-hybridized carbons (Fsp3) is 0.857. The molecule has 11 heavy (non-hydrogen) atoms. The van der Waals surface area contributed by atoms with Crippen LogP contribution in [0.3, 0.4) is 0 Å². The van der Waals surface area contributed by atoms with Crippen molar-refractivity contribution in [2.75, 3.05) is 32.1 Å². The molecule has 0 spiro atoms. The van der Waals surface area contributed by atoms with Crippen molar-refractivity contribution in [2.24, 2.45) is 0 Å². The molecule has 0 aliphatic heterocycles. The van der Waals surface area contributed by atoms with Crippen LogP contribution in [0, 0.1) is 0 Å². The molecule has 0 heterocycles. The van der Waals surface area contributed by atoms with Crippen LogP contribution in [0.15, 0.2) is 0 Å². The summed E-state index contributed by atoms with van der Waals surface area (Å²) >= 11 is 0. The van der Waals surface area contributed by atoms with E-state index in [-0.39, 0.29) is 5.78 Å². The maximum atomic E-state index is 10.6. The first-order valence-corrected chi connectivity index (χ1v) is 6.23. The second-order valence-corrected chi connectivity index (χ2v) is 5.11. The van der Waals surface area contributed by atoms with Crippen molar-refractivity contribution in [2.45, 2.75) is 6.92 Å². The number of carbonyl (C=O) groups excluding carboxylic acids is 1. The van der Waals surface area contributed by atoms with E-state index in [0.29, 0.717) is 6.54 Å². The summed E-state index contributed by atoms with van der Waals surface area (Å²) in [6.07, 6.45) is 2.07. The number of nitrogens with zero attached hydrogens (tertiary/aromatic N) is 1. The second-order valence-electron chi connectivity index (χ2n) is 2.43. The summed E-state index contributed by atoms with van der Waals surface area (Å²) in [5.74, 6) is 1.33. The van der Waals surface area contributed by atoms with Gasteiger partial charge in [0.25, 0.3) is 0 Å². The van der Waals surface area contributed by atoms with Gasteiger partial charge < -0.3 is 0 Å². The Labute approximate surface area is 76.5 Å². The minimum Gasteiger partial charge on any atom is -0.299 e. The monoisotopic (exact) mass is 193 g/mol. The molecule has 0 radical (unpaired) electrons. The van der Waals surface area contributed by atoms with Crippen molar-refractivity contribution in [1.82, 2.24) is 4.90 Å². The Morgan fingerprint density at radius 3 is 2.64 bits per heavy atom. The highest BCUT2D eigenvalue weighted by Crippen LogP contribution is 2.15. The van der Waals surface area contributed by atoms with Gasteiger partial charge in [-0.3, -0.25) is 9.69 Å². The third-order valence-corrected chi connectivity index (χ3v) is 2.96. The molecule has 0 saturated carbocycles. The van der Waals surface area contributed by atoms with Gasteiger partial charge in [-0.1, -0.05) is 21.6 Å². The van der Waals surface area contributed by atoms with E-state index in [0.717, 1.165) is 12.3 Å². The van der Waals surface area contributed by atoms with Crippen LogP contribution in [0.5, 0.6) is 0 Å². The van der Waals surface area contributed by atoms with Crippen molar-refractivity contribution in [1.29, 1.82) is 0 Å². The van der Waals surface area contributed by atoms with Crippen LogP contribution in [-0.4, -0.2) is 42.8 Å². The van der Waals surface area contributed by atoms with Crippen molar-refractivity contribution < 1.29 is 4.79 Å². The predicted octanol–water partition coefficient (Wildman–Crippen LogP) is 1.52. The van der Waals surface area contributed by atoms with Crippen molar-refractivity contribution >= 4 is 27.4 Å². The van der Waals surface area contributed by atoms with E-state index >= 15 is 0 Å². The summed E-state index contributed by atoms with van der Waals surface area (Å²) in [4.78, 5) is 12.7. The van der Waals surface area contributed by atoms with Crippen LogP contribution in [-0.2, 0) is 4.79 Å². The number of carbonyl (C=O) groups is 1. The summed E-state index contributed by atoms with van der Waals surface area (Å²) in [6, 6.07) is 0. The third-order valence-electron chi connectivity index (χ3n) is 1.17. The maximum absolute atomic E-state index is 10.6. The van der Waals surface area contributed by atoms with Crippen LogP contribution < -0.4 is 0 Å². The zero-order valence-corrected chi connectivity index (χ0v) is 8.93. The molecule has 0 amide bonds. The van der Waals surface area contributed by atoms with Crippen LogP contribution in [0.4, 0.5) is 0 Å². The largest absolute Gasteiger partial charge is 0.299 e. The Bertz CT molecular complexity index is 119. The molecule has 0 bridgehead atoms. The minimum atomic E-state index is 0.238. The Balaban J connectivity index is 3.22. The van der Waals surface area contributed by atoms with Crippen LogP contribution in [0.1, 0.15) is 6.92 Å². The van der Waals surface area contributed by atoms with E-state index in [1.165, 1.54) is 0 Å². The molecule has 0 atom stereocenters.